The minimum atomic E-state index is -0.441. The van der Waals surface area contributed by atoms with Gasteiger partial charge in [0.1, 0.15) is 0 Å². The van der Waals surface area contributed by atoms with Crippen LogP contribution in [0.2, 0.25) is 0 Å². The fourth-order valence-electron chi connectivity index (χ4n) is 3.84. The second-order valence-electron chi connectivity index (χ2n) is 6.39. The van der Waals surface area contributed by atoms with Gasteiger partial charge in [-0.2, -0.15) is 0 Å². The van der Waals surface area contributed by atoms with Crippen LogP contribution < -0.4 is 0 Å². The number of aliphatic hydroxyl groups is 1. The smallest absolute Gasteiger partial charge is 0.170 e. The highest BCUT2D eigenvalue weighted by atomic mass is 16.7. The van der Waals surface area contributed by atoms with Crippen LogP contribution in [0.15, 0.2) is 0 Å². The molecule has 1 saturated carbocycles. The van der Waals surface area contributed by atoms with Crippen molar-refractivity contribution in [1.82, 2.24) is 4.90 Å². The Labute approximate surface area is 121 Å². The second-order valence-corrected chi connectivity index (χ2v) is 6.39. The van der Waals surface area contributed by atoms with Crippen LogP contribution in [0.5, 0.6) is 0 Å². The Morgan fingerprint density at radius 1 is 1.30 bits per heavy atom. The lowest BCUT2D eigenvalue weighted by molar-refractivity contribution is -0.215. The predicted molar refractivity (Wildman–Crippen MR) is 74.5 cm³/mol. The van der Waals surface area contributed by atoms with Crippen molar-refractivity contribution in [3.8, 4) is 0 Å². The number of nitrogens with zero attached hydrogens (tertiary/aromatic N) is 1. The Bertz CT molecular complexity index is 332. The summed E-state index contributed by atoms with van der Waals surface area (Å²) in [5.74, 6) is -0.441. The molecule has 1 spiro atoms. The maximum Gasteiger partial charge on any atom is 0.170 e. The van der Waals surface area contributed by atoms with Crippen LogP contribution in [0.3, 0.4) is 0 Å². The molecule has 20 heavy (non-hydrogen) atoms. The molecule has 0 aromatic carbocycles. The standard InChI is InChI=1S/C15H27NO4/c1-3-12-10-18-11(2)9-16(12)13-8-15(5-4-14(13)17)19-6-7-20-15/h11-14,17H,3-10H2,1-2H3. The number of ether oxygens (including phenoxy) is 3. The lowest BCUT2D eigenvalue weighted by Crippen LogP contribution is -2.60. The van der Waals surface area contributed by atoms with Gasteiger partial charge in [-0.1, -0.05) is 6.92 Å². The van der Waals surface area contributed by atoms with Gasteiger partial charge >= 0.3 is 0 Å². The maximum atomic E-state index is 10.5. The van der Waals surface area contributed by atoms with E-state index in [1.54, 1.807) is 0 Å². The maximum absolute atomic E-state index is 10.5. The Balaban J connectivity index is 1.75. The lowest BCUT2D eigenvalue weighted by Gasteiger charge is -2.49. The molecule has 4 atom stereocenters. The number of aliphatic hydroxyl groups excluding tert-OH is 1. The molecule has 3 aliphatic rings. The topological polar surface area (TPSA) is 51.2 Å². The normalized spacial score (nSPS) is 42.1. The van der Waals surface area contributed by atoms with Gasteiger partial charge in [-0.25, -0.2) is 0 Å². The van der Waals surface area contributed by atoms with E-state index >= 15 is 0 Å². The largest absolute Gasteiger partial charge is 0.391 e. The van der Waals surface area contributed by atoms with Gasteiger partial charge in [-0.05, 0) is 19.8 Å². The third-order valence-corrected chi connectivity index (χ3v) is 5.01. The van der Waals surface area contributed by atoms with Gasteiger partial charge in [0.25, 0.3) is 0 Å². The summed E-state index contributed by atoms with van der Waals surface area (Å²) in [5, 5.41) is 10.5. The van der Waals surface area contributed by atoms with Gasteiger partial charge in [0, 0.05) is 31.5 Å². The van der Waals surface area contributed by atoms with Crippen molar-refractivity contribution in [2.45, 2.75) is 69.6 Å². The summed E-state index contributed by atoms with van der Waals surface area (Å²) in [5.41, 5.74) is 0. The van der Waals surface area contributed by atoms with Crippen molar-refractivity contribution in [2.75, 3.05) is 26.4 Å². The average Bonchev–Trinajstić information content (AvgIpc) is 2.90. The quantitative estimate of drug-likeness (QED) is 0.824. The van der Waals surface area contributed by atoms with E-state index in [2.05, 4.69) is 18.7 Å². The Morgan fingerprint density at radius 3 is 2.75 bits per heavy atom. The average molecular weight is 285 g/mol. The van der Waals surface area contributed by atoms with Crippen LogP contribution in [0.4, 0.5) is 0 Å². The van der Waals surface area contributed by atoms with Crippen molar-refractivity contribution in [1.29, 1.82) is 0 Å². The van der Waals surface area contributed by atoms with Crippen LogP contribution in [-0.4, -0.2) is 66.5 Å². The molecule has 3 fully saturated rings. The molecular formula is C15H27NO4. The molecule has 0 aromatic heterocycles. The predicted octanol–water partition coefficient (Wildman–Crippen LogP) is 1.14. The van der Waals surface area contributed by atoms with Gasteiger partial charge < -0.3 is 19.3 Å². The number of morpholine rings is 1. The molecule has 2 aliphatic heterocycles. The lowest BCUT2D eigenvalue weighted by atomic mass is 9.85. The molecule has 116 valence electrons. The van der Waals surface area contributed by atoms with Crippen molar-refractivity contribution < 1.29 is 19.3 Å². The summed E-state index contributed by atoms with van der Waals surface area (Å²) in [6, 6.07) is 0.514. The molecule has 0 bridgehead atoms. The molecule has 0 amide bonds. The molecule has 0 radical (unpaired) electrons. The fraction of sp³-hybridized carbons (Fsp3) is 1.00. The van der Waals surface area contributed by atoms with E-state index in [4.69, 9.17) is 14.2 Å². The van der Waals surface area contributed by atoms with Crippen molar-refractivity contribution in [3.63, 3.8) is 0 Å². The molecule has 5 heteroatoms. The zero-order valence-electron chi connectivity index (χ0n) is 12.6. The third-order valence-electron chi connectivity index (χ3n) is 5.01. The number of hydrogen-bond donors (Lipinski definition) is 1. The molecule has 1 N–H and O–H groups in total. The first-order valence-corrected chi connectivity index (χ1v) is 7.97. The summed E-state index contributed by atoms with van der Waals surface area (Å²) in [4.78, 5) is 2.44. The summed E-state index contributed by atoms with van der Waals surface area (Å²) in [6.45, 7) is 7.29. The van der Waals surface area contributed by atoms with Gasteiger partial charge in [-0.15, -0.1) is 0 Å². The molecule has 5 nitrogen and oxygen atoms in total. The Hall–Kier alpha value is -0.200. The zero-order valence-corrected chi connectivity index (χ0v) is 12.6. The highest BCUT2D eigenvalue weighted by Gasteiger charge is 2.48. The van der Waals surface area contributed by atoms with Crippen molar-refractivity contribution in [2.24, 2.45) is 0 Å². The molecule has 0 aromatic rings. The number of hydrogen-bond acceptors (Lipinski definition) is 5. The van der Waals surface area contributed by atoms with Gasteiger partial charge in [0.05, 0.1) is 32.0 Å². The minimum absolute atomic E-state index is 0.123. The van der Waals surface area contributed by atoms with E-state index in [9.17, 15) is 5.11 Å². The first kappa shape index (κ1) is 14.7. The summed E-state index contributed by atoms with van der Waals surface area (Å²) in [7, 11) is 0. The molecule has 2 saturated heterocycles. The van der Waals surface area contributed by atoms with E-state index in [1.165, 1.54) is 0 Å². The molecule has 3 rings (SSSR count). The van der Waals surface area contributed by atoms with Crippen LogP contribution in [0.1, 0.15) is 39.5 Å². The van der Waals surface area contributed by atoms with Crippen LogP contribution in [-0.2, 0) is 14.2 Å². The summed E-state index contributed by atoms with van der Waals surface area (Å²) < 4.78 is 17.5. The Kier molecular flexibility index (Phi) is 4.34. The van der Waals surface area contributed by atoms with Crippen molar-refractivity contribution in [3.05, 3.63) is 0 Å². The van der Waals surface area contributed by atoms with E-state index < -0.39 is 5.79 Å². The van der Waals surface area contributed by atoms with E-state index in [1.807, 2.05) is 0 Å². The molecular weight excluding hydrogens is 258 g/mol. The monoisotopic (exact) mass is 285 g/mol. The first-order chi connectivity index (χ1) is 9.63. The van der Waals surface area contributed by atoms with E-state index in [0.717, 1.165) is 38.8 Å². The number of rotatable bonds is 2. The SMILES string of the molecule is CCC1COC(C)CN1C1CC2(CCC1O)OCCO2. The van der Waals surface area contributed by atoms with Crippen LogP contribution >= 0.6 is 0 Å². The zero-order chi connectivity index (χ0) is 14.2. The highest BCUT2D eigenvalue weighted by Crippen LogP contribution is 2.39. The minimum Gasteiger partial charge on any atom is -0.391 e. The van der Waals surface area contributed by atoms with Crippen LogP contribution in [0.25, 0.3) is 0 Å². The van der Waals surface area contributed by atoms with Gasteiger partial charge in [0.2, 0.25) is 0 Å². The highest BCUT2D eigenvalue weighted by molar-refractivity contribution is 4.96. The summed E-state index contributed by atoms with van der Waals surface area (Å²) >= 11 is 0. The third kappa shape index (κ3) is 2.74. The molecule has 1 aliphatic carbocycles. The van der Waals surface area contributed by atoms with Crippen molar-refractivity contribution >= 4 is 0 Å². The van der Waals surface area contributed by atoms with Gasteiger partial charge in [0.15, 0.2) is 5.79 Å². The summed E-state index contributed by atoms with van der Waals surface area (Å²) in [6.07, 6.45) is 3.33. The fourth-order valence-corrected chi connectivity index (χ4v) is 3.84. The van der Waals surface area contributed by atoms with Gasteiger partial charge in [-0.3, -0.25) is 4.90 Å². The Morgan fingerprint density at radius 2 is 2.05 bits per heavy atom. The molecule has 4 unspecified atom stereocenters. The second kappa shape index (κ2) is 5.89. The van der Waals surface area contributed by atoms with E-state index in [0.29, 0.717) is 19.3 Å². The first-order valence-electron chi connectivity index (χ1n) is 7.97. The van der Waals surface area contributed by atoms with Crippen LogP contribution in [0, 0.1) is 0 Å². The molecule has 2 heterocycles. The van der Waals surface area contributed by atoms with E-state index in [-0.39, 0.29) is 18.2 Å².